The number of hydrogen-bond acceptors (Lipinski definition) is 1. The SMILES string of the molecule is CCCCCCCC(C[SiH](Cl)Cl)N([Si](c1ccccc1)(c1ccccc1)C(C)(C)C)[Si](c1ccccc1)(c1ccccc1)C(C)(C)C. The highest BCUT2D eigenvalue weighted by molar-refractivity contribution is 7.33. The van der Waals surface area contributed by atoms with Gasteiger partial charge in [0.05, 0.1) is 0 Å². The summed E-state index contributed by atoms with van der Waals surface area (Å²) in [5.41, 5.74) is 0. The largest absolute Gasteiger partial charge is 0.328 e. The Morgan fingerprint density at radius 2 is 0.851 bits per heavy atom. The van der Waals surface area contributed by atoms with Gasteiger partial charge in [-0.3, -0.25) is 0 Å². The van der Waals surface area contributed by atoms with Crippen LogP contribution in [0.3, 0.4) is 0 Å². The fraction of sp³-hybridized carbons (Fsp3) is 0.415. The molecule has 0 aliphatic heterocycles. The predicted octanol–water partition coefficient (Wildman–Crippen LogP) is 9.84. The van der Waals surface area contributed by atoms with Crippen LogP contribution in [0.25, 0.3) is 0 Å². The second kappa shape index (κ2) is 16.7. The Balaban J connectivity index is 2.28. The molecule has 47 heavy (non-hydrogen) atoms. The lowest BCUT2D eigenvalue weighted by Crippen LogP contribution is -2.89. The molecule has 0 fully saturated rings. The van der Waals surface area contributed by atoms with Crippen molar-refractivity contribution in [1.82, 2.24) is 4.23 Å². The predicted molar refractivity (Wildman–Crippen MR) is 218 cm³/mol. The fourth-order valence-corrected chi connectivity index (χ4v) is 27.4. The van der Waals surface area contributed by atoms with E-state index in [1.54, 1.807) is 0 Å². The lowest BCUT2D eigenvalue weighted by molar-refractivity contribution is 0.399. The molecule has 0 aromatic heterocycles. The number of hydrogen-bond donors (Lipinski definition) is 0. The highest BCUT2D eigenvalue weighted by Crippen LogP contribution is 2.49. The van der Waals surface area contributed by atoms with Crippen LogP contribution in [0.2, 0.25) is 16.1 Å². The van der Waals surface area contributed by atoms with Crippen LogP contribution >= 0.6 is 22.2 Å². The highest BCUT2D eigenvalue weighted by atomic mass is 35.7. The number of rotatable bonds is 15. The minimum absolute atomic E-state index is 0.0844. The lowest BCUT2D eigenvalue weighted by atomic mass is 10.1. The second-order valence-electron chi connectivity index (χ2n) is 15.2. The van der Waals surface area contributed by atoms with Gasteiger partial charge in [0, 0.05) is 0 Å². The first-order valence-electron chi connectivity index (χ1n) is 17.7. The molecule has 4 aromatic rings. The molecule has 0 spiro atoms. The van der Waals surface area contributed by atoms with Gasteiger partial charge >= 0.3 is 0 Å². The van der Waals surface area contributed by atoms with Crippen molar-refractivity contribution in [3.63, 3.8) is 0 Å². The average Bonchev–Trinajstić information content (AvgIpc) is 3.04. The topological polar surface area (TPSA) is 3.24 Å². The van der Waals surface area contributed by atoms with Crippen LogP contribution in [0.5, 0.6) is 0 Å². The van der Waals surface area contributed by atoms with E-state index in [0.29, 0.717) is 0 Å². The molecule has 0 aliphatic rings. The van der Waals surface area contributed by atoms with Crippen LogP contribution in [0.4, 0.5) is 0 Å². The third-order valence-electron chi connectivity index (χ3n) is 10.1. The summed E-state index contributed by atoms with van der Waals surface area (Å²) >= 11 is 14.2. The van der Waals surface area contributed by atoms with Crippen molar-refractivity contribution in [2.24, 2.45) is 0 Å². The maximum Gasteiger partial charge on any atom is 0.238 e. The van der Waals surface area contributed by atoms with Gasteiger partial charge in [-0.25, -0.2) is 0 Å². The van der Waals surface area contributed by atoms with E-state index >= 15 is 0 Å². The molecule has 6 heteroatoms. The fourth-order valence-electron chi connectivity index (χ4n) is 8.40. The summed E-state index contributed by atoms with van der Waals surface area (Å²) in [6, 6.07) is 47.4. The first-order valence-corrected chi connectivity index (χ1v) is 25.9. The van der Waals surface area contributed by atoms with Crippen LogP contribution in [-0.2, 0) is 0 Å². The maximum absolute atomic E-state index is 7.10. The van der Waals surface area contributed by atoms with Gasteiger partial charge in [0.15, 0.2) is 16.5 Å². The van der Waals surface area contributed by atoms with Crippen molar-refractivity contribution in [3.8, 4) is 0 Å². The molecular formula is C41H57Cl2NSi3. The Hall–Kier alpha value is -1.93. The highest BCUT2D eigenvalue weighted by Gasteiger charge is 2.65. The normalized spacial score (nSPS) is 13.7. The molecule has 0 saturated heterocycles. The van der Waals surface area contributed by atoms with E-state index in [1.807, 2.05) is 0 Å². The van der Waals surface area contributed by atoms with Crippen LogP contribution in [-0.4, -0.2) is 34.2 Å². The molecule has 0 N–H and O–H groups in total. The third kappa shape index (κ3) is 7.95. The van der Waals surface area contributed by atoms with Crippen LogP contribution in [0, 0.1) is 0 Å². The monoisotopic (exact) mass is 717 g/mol. The summed E-state index contributed by atoms with van der Waals surface area (Å²) in [7, 11) is -7.82. The van der Waals surface area contributed by atoms with Gasteiger partial charge in [-0.05, 0) is 49.3 Å². The van der Waals surface area contributed by atoms with E-state index in [0.717, 1.165) is 12.5 Å². The molecule has 0 aliphatic carbocycles. The van der Waals surface area contributed by atoms with Gasteiger partial charge in [0.1, 0.15) is 0 Å². The van der Waals surface area contributed by atoms with E-state index in [1.165, 1.54) is 52.9 Å². The molecule has 1 nitrogen and oxygen atoms in total. The van der Waals surface area contributed by atoms with Crippen LogP contribution in [0.15, 0.2) is 121 Å². The van der Waals surface area contributed by atoms with E-state index in [9.17, 15) is 0 Å². The number of halogens is 2. The molecule has 4 rings (SSSR count). The summed E-state index contributed by atoms with van der Waals surface area (Å²) in [5, 5.41) is 5.68. The van der Waals surface area contributed by atoms with Gasteiger partial charge in [-0.15, -0.1) is 0 Å². The molecule has 1 atom stereocenters. The summed E-state index contributed by atoms with van der Waals surface area (Å²) < 4.78 is 3.24. The zero-order chi connectivity index (χ0) is 34.1. The zero-order valence-electron chi connectivity index (χ0n) is 29.9. The minimum atomic E-state index is -2.89. The summed E-state index contributed by atoms with van der Waals surface area (Å²) in [5.74, 6) is 0. The Morgan fingerprint density at radius 3 is 1.13 bits per heavy atom. The molecule has 252 valence electrons. The molecule has 0 radical (unpaired) electrons. The Kier molecular flexibility index (Phi) is 13.4. The van der Waals surface area contributed by atoms with E-state index in [2.05, 4.69) is 174 Å². The van der Waals surface area contributed by atoms with Gasteiger partial charge < -0.3 is 4.23 Å². The first-order chi connectivity index (χ1) is 22.4. The van der Waals surface area contributed by atoms with Crippen LogP contribution in [0.1, 0.15) is 87.0 Å². The smallest absolute Gasteiger partial charge is 0.238 e. The molecule has 0 heterocycles. The molecule has 1 unspecified atom stereocenters. The summed E-state index contributed by atoms with van der Waals surface area (Å²) in [6.07, 6.45) is 7.35. The Bertz CT molecular complexity index is 1290. The quantitative estimate of drug-likeness (QED) is 0.0672. The van der Waals surface area contributed by atoms with Crippen molar-refractivity contribution < 1.29 is 0 Å². The van der Waals surface area contributed by atoms with Gasteiger partial charge in [0.2, 0.25) is 7.42 Å². The molecule has 0 saturated carbocycles. The van der Waals surface area contributed by atoms with Crippen molar-refractivity contribution >= 4 is 66.8 Å². The van der Waals surface area contributed by atoms with Crippen molar-refractivity contribution in [2.75, 3.05) is 0 Å². The van der Waals surface area contributed by atoms with Gasteiger partial charge in [-0.1, -0.05) is 202 Å². The first kappa shape index (κ1) is 37.9. The standard InChI is InChI=1S/C41H57Cl2NSi3/c1-8-9-10-11-16-25-35(34-45(42)43)44(46(40(2,3)4,36-26-17-12-18-27-36)37-28-19-13-20-29-37)47(41(5,6)7,38-30-21-14-22-31-38)39-32-23-15-24-33-39/h12-15,17-24,26-33,35,45H,8-11,16,25,34H2,1-7H3. The number of nitrogens with zero attached hydrogens (tertiary/aromatic N) is 1. The third-order valence-corrected chi connectivity index (χ3v) is 25.3. The van der Waals surface area contributed by atoms with Crippen molar-refractivity contribution in [2.45, 2.75) is 109 Å². The van der Waals surface area contributed by atoms with Crippen molar-refractivity contribution in [3.05, 3.63) is 121 Å². The molecule has 4 aromatic carbocycles. The Labute approximate surface area is 299 Å². The average molecular weight is 719 g/mol. The molecule has 0 amide bonds. The van der Waals surface area contributed by atoms with E-state index < -0.39 is 23.9 Å². The summed E-state index contributed by atoms with van der Waals surface area (Å²) in [6.45, 7) is 17.4. The maximum atomic E-state index is 7.10. The van der Waals surface area contributed by atoms with Crippen LogP contribution < -0.4 is 20.7 Å². The lowest BCUT2D eigenvalue weighted by Gasteiger charge is -2.64. The van der Waals surface area contributed by atoms with E-state index in [-0.39, 0.29) is 16.1 Å². The zero-order valence-corrected chi connectivity index (χ0v) is 34.5. The van der Waals surface area contributed by atoms with E-state index in [4.69, 9.17) is 22.2 Å². The number of unbranched alkanes of at least 4 members (excludes halogenated alkanes) is 4. The molecule has 0 bridgehead atoms. The summed E-state index contributed by atoms with van der Waals surface area (Å²) in [4.78, 5) is 0. The second-order valence-corrected chi connectivity index (χ2v) is 29.9. The minimum Gasteiger partial charge on any atom is -0.328 e. The number of benzene rings is 4. The van der Waals surface area contributed by atoms with Gasteiger partial charge in [-0.2, -0.15) is 22.2 Å². The Morgan fingerprint density at radius 1 is 0.532 bits per heavy atom. The molecular weight excluding hydrogens is 662 g/mol. The van der Waals surface area contributed by atoms with Gasteiger partial charge in [0.25, 0.3) is 0 Å². The van der Waals surface area contributed by atoms with Crippen molar-refractivity contribution in [1.29, 1.82) is 0 Å².